The van der Waals surface area contributed by atoms with Crippen molar-refractivity contribution in [2.75, 3.05) is 19.0 Å². The maximum Gasteiger partial charge on any atom is 0.319 e. The predicted molar refractivity (Wildman–Crippen MR) is 83.9 cm³/mol. The first-order valence-electron chi connectivity index (χ1n) is 7.34. The van der Waals surface area contributed by atoms with Crippen molar-refractivity contribution in [3.8, 4) is 0 Å². The topological polar surface area (TPSA) is 102 Å². The molecule has 1 saturated heterocycles. The highest BCUT2D eigenvalue weighted by Gasteiger charge is 2.42. The van der Waals surface area contributed by atoms with Gasteiger partial charge in [-0.2, -0.15) is 0 Å². The number of halogens is 1. The molecule has 1 fully saturated rings. The van der Waals surface area contributed by atoms with Crippen LogP contribution in [0.2, 0.25) is 0 Å². The number of nitrogens with zero attached hydrogens (tertiary/aromatic N) is 1. The lowest BCUT2D eigenvalue weighted by Crippen LogP contribution is -2.61. The van der Waals surface area contributed by atoms with Gasteiger partial charge in [-0.25, -0.2) is 4.79 Å². The highest BCUT2D eigenvalue weighted by molar-refractivity contribution is 6.18. The number of alkyl halides is 1. The van der Waals surface area contributed by atoms with E-state index in [4.69, 9.17) is 16.3 Å². The molecule has 0 unspecified atom stereocenters. The summed E-state index contributed by atoms with van der Waals surface area (Å²) in [5, 5.41) is 32.1. The fourth-order valence-corrected chi connectivity index (χ4v) is 2.47. The van der Waals surface area contributed by atoms with Crippen LogP contribution >= 0.6 is 11.6 Å². The average molecular weight is 345 g/mol. The van der Waals surface area contributed by atoms with Crippen LogP contribution in [0, 0.1) is 0 Å². The second kappa shape index (κ2) is 8.47. The molecule has 1 aliphatic heterocycles. The summed E-state index contributed by atoms with van der Waals surface area (Å²) >= 11 is 5.58. The Labute approximate surface area is 139 Å². The van der Waals surface area contributed by atoms with Gasteiger partial charge < -0.3 is 25.4 Å². The number of benzene rings is 1. The van der Waals surface area contributed by atoms with Crippen molar-refractivity contribution >= 4 is 17.6 Å². The molecule has 0 saturated carbocycles. The van der Waals surface area contributed by atoms with E-state index < -0.39 is 30.6 Å². The monoisotopic (exact) mass is 344 g/mol. The molecule has 0 bridgehead atoms. The summed E-state index contributed by atoms with van der Waals surface area (Å²) in [6.07, 6.45) is -5.05. The van der Waals surface area contributed by atoms with Crippen molar-refractivity contribution in [3.05, 3.63) is 35.9 Å². The molecule has 8 heteroatoms. The third-order valence-corrected chi connectivity index (χ3v) is 3.80. The van der Waals surface area contributed by atoms with E-state index in [-0.39, 0.29) is 25.6 Å². The fourth-order valence-electron chi connectivity index (χ4n) is 2.38. The zero-order valence-corrected chi connectivity index (χ0v) is 13.3. The minimum absolute atomic E-state index is 0.170. The van der Waals surface area contributed by atoms with Crippen molar-refractivity contribution in [1.29, 1.82) is 0 Å². The number of hydrogen-bond acceptors (Lipinski definition) is 5. The van der Waals surface area contributed by atoms with Crippen LogP contribution in [0.15, 0.2) is 30.3 Å². The normalized spacial score (nSPS) is 27.5. The molecule has 4 N–H and O–H groups in total. The van der Waals surface area contributed by atoms with E-state index in [1.165, 1.54) is 4.90 Å². The van der Waals surface area contributed by atoms with Crippen LogP contribution in [0.25, 0.3) is 0 Å². The van der Waals surface area contributed by atoms with Gasteiger partial charge in [-0.3, -0.25) is 4.90 Å². The van der Waals surface area contributed by atoms with E-state index in [0.717, 1.165) is 5.56 Å². The number of aliphatic hydroxyl groups is 3. The lowest BCUT2D eigenvalue weighted by Gasteiger charge is -2.41. The third-order valence-electron chi connectivity index (χ3n) is 3.61. The molecule has 1 aromatic rings. The van der Waals surface area contributed by atoms with E-state index >= 15 is 0 Å². The Balaban J connectivity index is 2.17. The Morgan fingerprint density at radius 3 is 2.61 bits per heavy atom. The van der Waals surface area contributed by atoms with Gasteiger partial charge in [0.15, 0.2) is 6.23 Å². The van der Waals surface area contributed by atoms with Gasteiger partial charge in [-0.05, 0) is 5.56 Å². The van der Waals surface area contributed by atoms with Crippen LogP contribution in [0.5, 0.6) is 0 Å². The van der Waals surface area contributed by atoms with Crippen LogP contribution in [0.3, 0.4) is 0 Å². The van der Waals surface area contributed by atoms with E-state index in [1.807, 2.05) is 30.3 Å². The quantitative estimate of drug-likeness (QED) is 0.558. The Kier molecular flexibility index (Phi) is 6.61. The summed E-state index contributed by atoms with van der Waals surface area (Å²) in [5.74, 6) is 0.250. The number of rotatable bonds is 5. The zero-order valence-electron chi connectivity index (χ0n) is 12.5. The summed E-state index contributed by atoms with van der Waals surface area (Å²) in [6, 6.07) is 8.72. The molecular formula is C15H21ClN2O5. The van der Waals surface area contributed by atoms with Crippen LogP contribution < -0.4 is 5.32 Å². The van der Waals surface area contributed by atoms with Gasteiger partial charge in [0.25, 0.3) is 0 Å². The molecule has 1 aromatic carbocycles. The maximum atomic E-state index is 12.4. The second-order valence-electron chi connectivity index (χ2n) is 5.31. The Hall–Kier alpha value is -1.38. The van der Waals surface area contributed by atoms with Gasteiger partial charge in [-0.1, -0.05) is 30.3 Å². The molecular weight excluding hydrogens is 324 g/mol. The lowest BCUT2D eigenvalue weighted by atomic mass is 10.0. The minimum Gasteiger partial charge on any atom is -0.388 e. The number of hydrogen-bond donors (Lipinski definition) is 4. The maximum absolute atomic E-state index is 12.4. The van der Waals surface area contributed by atoms with Crippen molar-refractivity contribution in [3.63, 3.8) is 0 Å². The molecule has 1 heterocycles. The first kappa shape index (κ1) is 18.0. The van der Waals surface area contributed by atoms with Crippen LogP contribution in [0.1, 0.15) is 5.56 Å². The van der Waals surface area contributed by atoms with Crippen LogP contribution in [-0.2, 0) is 11.3 Å². The molecule has 4 atom stereocenters. The summed E-state index contributed by atoms with van der Waals surface area (Å²) in [4.78, 5) is 13.6. The number of nitrogens with one attached hydrogen (secondary N) is 1. The lowest BCUT2D eigenvalue weighted by molar-refractivity contribution is -0.220. The number of amides is 2. The first-order chi connectivity index (χ1) is 11.0. The molecule has 7 nitrogen and oxygen atoms in total. The molecule has 0 radical (unpaired) electrons. The number of aliphatic hydroxyl groups excluding tert-OH is 3. The van der Waals surface area contributed by atoms with Crippen molar-refractivity contribution in [2.45, 2.75) is 31.1 Å². The fraction of sp³-hybridized carbons (Fsp3) is 0.533. The standard InChI is InChI=1S/C15H21ClN2O5/c16-6-7-17-15(22)18(8-10-4-2-1-3-5-10)14-13(21)12(20)11(19)9-23-14/h1-5,11-14,19-21H,6-9H2,(H,17,22)/t11-,12-,13+,14-/m1/s1. The summed E-state index contributed by atoms with van der Waals surface area (Å²) in [5.41, 5.74) is 0.838. The highest BCUT2D eigenvalue weighted by Crippen LogP contribution is 2.21. The molecule has 0 spiro atoms. The van der Waals surface area contributed by atoms with E-state index in [9.17, 15) is 20.1 Å². The number of carbonyl (C=O) groups excluding carboxylic acids is 1. The second-order valence-corrected chi connectivity index (χ2v) is 5.68. The summed E-state index contributed by atoms with van der Waals surface area (Å²) in [6.45, 7) is 0.274. The third kappa shape index (κ3) is 4.55. The molecule has 23 heavy (non-hydrogen) atoms. The number of ether oxygens (including phenoxy) is 1. The SMILES string of the molecule is O=C(NCCCl)N(Cc1ccccc1)[C@@H]1OC[C@@H](O)[C@@H](O)[C@@H]1O. The average Bonchev–Trinajstić information content (AvgIpc) is 2.57. The molecule has 0 aromatic heterocycles. The minimum atomic E-state index is -1.41. The van der Waals surface area contributed by atoms with Crippen LogP contribution in [0.4, 0.5) is 4.79 Å². The predicted octanol–water partition coefficient (Wildman–Crippen LogP) is -0.124. The van der Waals surface area contributed by atoms with Gasteiger partial charge in [0, 0.05) is 12.4 Å². The molecule has 128 valence electrons. The van der Waals surface area contributed by atoms with Crippen molar-refractivity contribution in [2.24, 2.45) is 0 Å². The van der Waals surface area contributed by atoms with Gasteiger partial charge in [-0.15, -0.1) is 11.6 Å². The summed E-state index contributed by atoms with van der Waals surface area (Å²) < 4.78 is 5.38. The van der Waals surface area contributed by atoms with E-state index in [2.05, 4.69) is 5.32 Å². The first-order valence-corrected chi connectivity index (χ1v) is 7.88. The summed E-state index contributed by atoms with van der Waals surface area (Å²) in [7, 11) is 0. The zero-order chi connectivity index (χ0) is 16.8. The number of carbonyl (C=O) groups is 1. The highest BCUT2D eigenvalue weighted by atomic mass is 35.5. The Bertz CT molecular complexity index is 504. The molecule has 2 rings (SSSR count). The van der Waals surface area contributed by atoms with E-state index in [0.29, 0.717) is 0 Å². The largest absolute Gasteiger partial charge is 0.388 e. The van der Waals surface area contributed by atoms with Crippen molar-refractivity contribution < 1.29 is 24.9 Å². The Morgan fingerprint density at radius 1 is 1.26 bits per heavy atom. The van der Waals surface area contributed by atoms with E-state index in [1.54, 1.807) is 0 Å². The molecule has 1 aliphatic rings. The van der Waals surface area contributed by atoms with Gasteiger partial charge in [0.2, 0.25) is 0 Å². The van der Waals surface area contributed by atoms with Gasteiger partial charge >= 0.3 is 6.03 Å². The number of urea groups is 1. The smallest absolute Gasteiger partial charge is 0.319 e. The van der Waals surface area contributed by atoms with Crippen LogP contribution in [-0.4, -0.2) is 69.8 Å². The van der Waals surface area contributed by atoms with Gasteiger partial charge in [0.1, 0.15) is 18.3 Å². The molecule has 0 aliphatic carbocycles. The van der Waals surface area contributed by atoms with Gasteiger partial charge in [0.05, 0.1) is 13.2 Å². The molecule has 2 amide bonds. The Morgan fingerprint density at radius 2 is 1.96 bits per heavy atom. The van der Waals surface area contributed by atoms with Crippen molar-refractivity contribution in [1.82, 2.24) is 10.2 Å².